The van der Waals surface area contributed by atoms with Crippen molar-refractivity contribution in [3.05, 3.63) is 0 Å². The monoisotopic (exact) mass is 240 g/mol. The first-order chi connectivity index (χ1) is 7.36. The molecule has 16 heavy (non-hydrogen) atoms. The van der Waals surface area contributed by atoms with Crippen LogP contribution >= 0.6 is 0 Å². The van der Waals surface area contributed by atoms with Crippen molar-refractivity contribution in [2.45, 2.75) is 37.6 Å². The van der Waals surface area contributed by atoms with E-state index >= 15 is 0 Å². The number of rotatable bonds is 4. The van der Waals surface area contributed by atoms with E-state index in [0.29, 0.717) is 6.54 Å². The molecule has 1 aliphatic rings. The van der Waals surface area contributed by atoms with Gasteiger partial charge in [-0.3, -0.25) is 0 Å². The highest BCUT2D eigenvalue weighted by Crippen LogP contribution is 2.29. The Morgan fingerprint density at radius 2 is 2.06 bits per heavy atom. The summed E-state index contributed by atoms with van der Waals surface area (Å²) in [5.74, 6) is 0.255. The predicted octanol–water partition coefficient (Wildman–Crippen LogP) is 0.969. The van der Waals surface area contributed by atoms with Crippen LogP contribution in [0.2, 0.25) is 0 Å². The Morgan fingerprint density at radius 3 is 2.56 bits per heavy atom. The minimum absolute atomic E-state index is 0.0713. The molecule has 6 heteroatoms. The van der Waals surface area contributed by atoms with Crippen LogP contribution in [0.25, 0.3) is 0 Å². The largest absolute Gasteiger partial charge is 0.415 e. The fourth-order valence-electron chi connectivity index (χ4n) is 2.38. The Kier molecular flexibility index (Phi) is 4.58. The summed E-state index contributed by atoms with van der Waals surface area (Å²) in [5, 5.41) is 8.98. The molecular weight excluding hydrogens is 221 g/mol. The minimum atomic E-state index is -4.54. The first-order valence-electron chi connectivity index (χ1n) is 5.51. The van der Waals surface area contributed by atoms with Crippen LogP contribution in [0.3, 0.4) is 0 Å². The minimum Gasteiger partial charge on any atom is -0.382 e. The predicted molar refractivity (Wildman–Crippen MR) is 54.9 cm³/mol. The van der Waals surface area contributed by atoms with Gasteiger partial charge in [-0.2, -0.15) is 13.2 Å². The van der Waals surface area contributed by atoms with Crippen molar-refractivity contribution in [3.8, 4) is 0 Å². The van der Waals surface area contributed by atoms with Crippen molar-refractivity contribution in [1.29, 1.82) is 0 Å². The second-order valence-electron chi connectivity index (χ2n) is 4.49. The molecule has 0 aliphatic heterocycles. The molecule has 0 aromatic rings. The molecule has 3 nitrogen and oxygen atoms in total. The van der Waals surface area contributed by atoms with Gasteiger partial charge in [-0.15, -0.1) is 0 Å². The fourth-order valence-corrected chi connectivity index (χ4v) is 2.38. The van der Waals surface area contributed by atoms with E-state index in [1.807, 2.05) is 0 Å². The Balaban J connectivity index is 2.48. The van der Waals surface area contributed by atoms with Crippen molar-refractivity contribution in [2.24, 2.45) is 11.7 Å². The Morgan fingerprint density at radius 1 is 1.44 bits per heavy atom. The van der Waals surface area contributed by atoms with E-state index in [4.69, 9.17) is 10.8 Å². The zero-order valence-corrected chi connectivity index (χ0v) is 9.37. The lowest BCUT2D eigenvalue weighted by atomic mass is 10.0. The van der Waals surface area contributed by atoms with Crippen LogP contribution < -0.4 is 5.73 Å². The van der Waals surface area contributed by atoms with E-state index < -0.39 is 12.3 Å². The van der Waals surface area contributed by atoms with Crippen LogP contribution in [0.15, 0.2) is 0 Å². The summed E-state index contributed by atoms with van der Waals surface area (Å²) in [7, 11) is 1.62. The smallest absolute Gasteiger partial charge is 0.382 e. The lowest BCUT2D eigenvalue weighted by Crippen LogP contribution is -2.45. The molecule has 96 valence electrons. The quantitative estimate of drug-likeness (QED) is 0.769. The van der Waals surface area contributed by atoms with E-state index in [-0.39, 0.29) is 18.5 Å². The summed E-state index contributed by atoms with van der Waals surface area (Å²) < 4.78 is 36.5. The van der Waals surface area contributed by atoms with E-state index in [1.54, 1.807) is 11.9 Å². The Hall–Kier alpha value is -0.330. The van der Waals surface area contributed by atoms with Gasteiger partial charge < -0.3 is 15.7 Å². The van der Waals surface area contributed by atoms with Crippen LogP contribution in [-0.2, 0) is 0 Å². The van der Waals surface area contributed by atoms with Gasteiger partial charge in [0.15, 0.2) is 6.10 Å². The van der Waals surface area contributed by atoms with Gasteiger partial charge >= 0.3 is 6.18 Å². The number of aliphatic hydroxyl groups excluding tert-OH is 1. The second-order valence-corrected chi connectivity index (χ2v) is 4.49. The van der Waals surface area contributed by atoms with Crippen molar-refractivity contribution in [2.75, 3.05) is 20.1 Å². The first-order valence-corrected chi connectivity index (χ1v) is 5.51. The average Bonchev–Trinajstić information content (AvgIpc) is 2.63. The SMILES string of the molecule is CN(CC(O)C(F)(F)F)C1CCCC1CN. The van der Waals surface area contributed by atoms with E-state index in [0.717, 1.165) is 19.3 Å². The standard InChI is InChI=1S/C10H19F3N2O/c1-15(6-9(16)10(11,12)13)8-4-2-3-7(8)5-14/h7-9,16H,2-6,14H2,1H3. The van der Waals surface area contributed by atoms with Crippen molar-refractivity contribution >= 4 is 0 Å². The van der Waals surface area contributed by atoms with Gasteiger partial charge in [-0.25, -0.2) is 0 Å². The third-order valence-corrected chi connectivity index (χ3v) is 3.33. The maximum absolute atomic E-state index is 12.2. The summed E-state index contributed by atoms with van der Waals surface area (Å²) in [6, 6.07) is 0.0713. The average molecular weight is 240 g/mol. The molecule has 3 atom stereocenters. The highest BCUT2D eigenvalue weighted by atomic mass is 19.4. The van der Waals surface area contributed by atoms with Crippen LogP contribution in [0, 0.1) is 5.92 Å². The van der Waals surface area contributed by atoms with Crippen molar-refractivity contribution in [1.82, 2.24) is 4.90 Å². The molecule has 3 unspecified atom stereocenters. The molecule has 0 bridgehead atoms. The number of halogens is 3. The number of likely N-dealkylation sites (N-methyl/N-ethyl adjacent to an activating group) is 1. The highest BCUT2D eigenvalue weighted by molar-refractivity contribution is 4.86. The lowest BCUT2D eigenvalue weighted by molar-refractivity contribution is -0.208. The molecule has 3 N–H and O–H groups in total. The number of hydrogen-bond donors (Lipinski definition) is 2. The summed E-state index contributed by atoms with van der Waals surface area (Å²) in [5.41, 5.74) is 5.57. The molecule has 1 aliphatic carbocycles. The molecule has 0 aromatic heterocycles. The topological polar surface area (TPSA) is 49.5 Å². The van der Waals surface area contributed by atoms with Crippen molar-refractivity contribution < 1.29 is 18.3 Å². The third-order valence-electron chi connectivity index (χ3n) is 3.33. The number of aliphatic hydroxyl groups is 1. The molecule has 1 saturated carbocycles. The van der Waals surface area contributed by atoms with Gasteiger partial charge in [0.1, 0.15) is 0 Å². The molecule has 1 fully saturated rings. The van der Waals surface area contributed by atoms with Crippen LogP contribution in [0.5, 0.6) is 0 Å². The van der Waals surface area contributed by atoms with Crippen LogP contribution in [0.4, 0.5) is 13.2 Å². The molecule has 0 heterocycles. The van der Waals surface area contributed by atoms with Gasteiger partial charge in [-0.1, -0.05) is 6.42 Å². The van der Waals surface area contributed by atoms with Gasteiger partial charge in [-0.05, 0) is 32.4 Å². The number of nitrogens with zero attached hydrogens (tertiary/aromatic N) is 1. The first kappa shape index (κ1) is 13.7. The van der Waals surface area contributed by atoms with Gasteiger partial charge in [0, 0.05) is 12.6 Å². The zero-order chi connectivity index (χ0) is 12.3. The van der Waals surface area contributed by atoms with Gasteiger partial charge in [0.05, 0.1) is 0 Å². The highest BCUT2D eigenvalue weighted by Gasteiger charge is 2.40. The third kappa shape index (κ3) is 3.33. The molecule has 0 saturated heterocycles. The van der Waals surface area contributed by atoms with Crippen molar-refractivity contribution in [3.63, 3.8) is 0 Å². The summed E-state index contributed by atoms with van der Waals surface area (Å²) in [6.07, 6.45) is -3.97. The Bertz CT molecular complexity index is 223. The number of nitrogens with two attached hydrogens (primary N) is 1. The second kappa shape index (κ2) is 5.33. The molecule has 0 spiro atoms. The van der Waals surface area contributed by atoms with Crippen LogP contribution in [-0.4, -0.2) is 48.5 Å². The van der Waals surface area contributed by atoms with E-state index in [9.17, 15) is 13.2 Å². The van der Waals surface area contributed by atoms with Crippen LogP contribution in [0.1, 0.15) is 19.3 Å². The van der Waals surface area contributed by atoms with E-state index in [2.05, 4.69) is 0 Å². The molecule has 0 amide bonds. The maximum Gasteiger partial charge on any atom is 0.415 e. The molecule has 0 radical (unpaired) electrons. The number of alkyl halides is 3. The molecule has 0 aromatic carbocycles. The normalized spacial score (nSPS) is 28.7. The summed E-state index contributed by atoms with van der Waals surface area (Å²) in [4.78, 5) is 1.59. The van der Waals surface area contributed by atoms with Gasteiger partial charge in [0.2, 0.25) is 0 Å². The lowest BCUT2D eigenvalue weighted by Gasteiger charge is -2.31. The fraction of sp³-hybridized carbons (Fsp3) is 1.00. The van der Waals surface area contributed by atoms with E-state index in [1.165, 1.54) is 0 Å². The zero-order valence-electron chi connectivity index (χ0n) is 9.37. The summed E-state index contributed by atoms with van der Waals surface area (Å²) in [6.45, 7) is 0.127. The molecule has 1 rings (SSSR count). The molecular formula is C10H19F3N2O. The Labute approximate surface area is 93.4 Å². The van der Waals surface area contributed by atoms with Gasteiger partial charge in [0.25, 0.3) is 0 Å². The maximum atomic E-state index is 12.2. The number of hydrogen-bond acceptors (Lipinski definition) is 3. The summed E-state index contributed by atoms with van der Waals surface area (Å²) >= 11 is 0.